The minimum Gasteiger partial charge on any atom is -0.388 e. The Bertz CT molecular complexity index is 129. The molecular formula is C6H12O4S. The standard InChI is InChI=1S/C6H12O4S/c1-2-3(7)4(8)5(9)6(11)10-2/h2-9,11H,1H3/t2-,3+,4+,5-,6+/m0/s1. The molecule has 0 unspecified atom stereocenters. The van der Waals surface area contributed by atoms with Crippen LogP contribution in [0.2, 0.25) is 0 Å². The van der Waals surface area contributed by atoms with E-state index in [1.165, 1.54) is 0 Å². The summed E-state index contributed by atoms with van der Waals surface area (Å²) >= 11 is 3.87. The number of hydrogen-bond donors (Lipinski definition) is 4. The summed E-state index contributed by atoms with van der Waals surface area (Å²) in [5.74, 6) is 0. The van der Waals surface area contributed by atoms with E-state index in [4.69, 9.17) is 20.1 Å². The lowest BCUT2D eigenvalue weighted by atomic mass is 10.0. The second kappa shape index (κ2) is 3.28. The lowest BCUT2D eigenvalue weighted by molar-refractivity contribution is -0.191. The SMILES string of the molecule is C[C@@H]1O[C@H](S)[C@@H](O)[C@H](O)[C@@H]1O. The summed E-state index contributed by atoms with van der Waals surface area (Å²) in [4.78, 5) is 0. The van der Waals surface area contributed by atoms with Gasteiger partial charge >= 0.3 is 0 Å². The fourth-order valence-corrected chi connectivity index (χ4v) is 1.40. The van der Waals surface area contributed by atoms with E-state index in [2.05, 4.69) is 12.6 Å². The van der Waals surface area contributed by atoms with Gasteiger partial charge in [0.15, 0.2) is 0 Å². The van der Waals surface area contributed by atoms with Crippen LogP contribution in [0.15, 0.2) is 0 Å². The Morgan fingerprint density at radius 3 is 2.18 bits per heavy atom. The first kappa shape index (κ1) is 9.28. The van der Waals surface area contributed by atoms with Gasteiger partial charge in [-0.15, -0.1) is 12.6 Å². The molecular weight excluding hydrogens is 168 g/mol. The van der Waals surface area contributed by atoms with Gasteiger partial charge in [0.2, 0.25) is 0 Å². The minimum absolute atomic E-state index is 0.490. The molecule has 5 atom stereocenters. The second-order valence-electron chi connectivity index (χ2n) is 2.70. The van der Waals surface area contributed by atoms with Gasteiger partial charge in [0.25, 0.3) is 0 Å². The van der Waals surface area contributed by atoms with Gasteiger partial charge in [-0.25, -0.2) is 0 Å². The Hall–Kier alpha value is 0.190. The number of hydrogen-bond acceptors (Lipinski definition) is 5. The van der Waals surface area contributed by atoms with Crippen molar-refractivity contribution in [1.82, 2.24) is 0 Å². The van der Waals surface area contributed by atoms with Crippen LogP contribution in [0.1, 0.15) is 6.92 Å². The normalized spacial score (nSPS) is 52.6. The zero-order valence-electron chi connectivity index (χ0n) is 6.08. The predicted molar refractivity (Wildman–Crippen MR) is 41.3 cm³/mol. The van der Waals surface area contributed by atoms with E-state index in [9.17, 15) is 0 Å². The van der Waals surface area contributed by atoms with E-state index in [1.54, 1.807) is 6.92 Å². The van der Waals surface area contributed by atoms with Gasteiger partial charge in [0.1, 0.15) is 23.7 Å². The minimum atomic E-state index is -1.17. The van der Waals surface area contributed by atoms with Gasteiger partial charge < -0.3 is 20.1 Å². The fraction of sp³-hybridized carbons (Fsp3) is 1.00. The molecule has 0 aromatic carbocycles. The molecule has 0 amide bonds. The lowest BCUT2D eigenvalue weighted by Gasteiger charge is -2.37. The van der Waals surface area contributed by atoms with Crippen LogP contribution in [-0.2, 0) is 4.74 Å². The van der Waals surface area contributed by atoms with Gasteiger partial charge in [-0.1, -0.05) is 0 Å². The van der Waals surface area contributed by atoms with Gasteiger partial charge in [-0.3, -0.25) is 0 Å². The van der Waals surface area contributed by atoms with E-state index in [-0.39, 0.29) is 0 Å². The zero-order valence-corrected chi connectivity index (χ0v) is 6.98. The summed E-state index contributed by atoms with van der Waals surface area (Å²) in [5.41, 5.74) is -0.719. The third-order valence-corrected chi connectivity index (χ3v) is 2.25. The highest BCUT2D eigenvalue weighted by molar-refractivity contribution is 7.80. The number of thiol groups is 1. The molecule has 1 fully saturated rings. The van der Waals surface area contributed by atoms with Crippen molar-refractivity contribution in [3.05, 3.63) is 0 Å². The van der Waals surface area contributed by atoms with Crippen molar-refractivity contribution >= 4 is 12.6 Å². The molecule has 3 N–H and O–H groups in total. The monoisotopic (exact) mass is 180 g/mol. The molecule has 0 saturated carbocycles. The van der Waals surface area contributed by atoms with Crippen LogP contribution in [0, 0.1) is 0 Å². The average Bonchev–Trinajstić information content (AvgIpc) is 1.97. The van der Waals surface area contributed by atoms with Crippen molar-refractivity contribution in [3.8, 4) is 0 Å². The van der Waals surface area contributed by atoms with Gasteiger partial charge in [0.05, 0.1) is 6.10 Å². The maximum absolute atomic E-state index is 9.17. The predicted octanol–water partition coefficient (Wildman–Crippen LogP) is -1.26. The first-order valence-electron chi connectivity index (χ1n) is 3.41. The average molecular weight is 180 g/mol. The molecule has 0 bridgehead atoms. The highest BCUT2D eigenvalue weighted by Crippen LogP contribution is 2.22. The summed E-state index contributed by atoms with van der Waals surface area (Å²) in [7, 11) is 0. The quantitative estimate of drug-likeness (QED) is 0.351. The van der Waals surface area contributed by atoms with E-state index in [0.717, 1.165) is 0 Å². The summed E-state index contributed by atoms with van der Waals surface area (Å²) < 4.78 is 4.99. The van der Waals surface area contributed by atoms with E-state index in [0.29, 0.717) is 0 Å². The highest BCUT2D eigenvalue weighted by atomic mass is 32.1. The van der Waals surface area contributed by atoms with Crippen LogP contribution in [-0.4, -0.2) is 45.2 Å². The number of aliphatic hydroxyl groups excluding tert-OH is 3. The summed E-state index contributed by atoms with van der Waals surface area (Å²) in [6.07, 6.45) is -3.81. The van der Waals surface area contributed by atoms with Crippen LogP contribution in [0.3, 0.4) is 0 Å². The largest absolute Gasteiger partial charge is 0.388 e. The number of aliphatic hydroxyl groups is 3. The number of ether oxygens (including phenoxy) is 1. The highest BCUT2D eigenvalue weighted by Gasteiger charge is 2.39. The smallest absolute Gasteiger partial charge is 0.129 e. The van der Waals surface area contributed by atoms with Crippen molar-refractivity contribution in [3.63, 3.8) is 0 Å². The number of rotatable bonds is 0. The van der Waals surface area contributed by atoms with Crippen molar-refractivity contribution < 1.29 is 20.1 Å². The molecule has 1 rings (SSSR count). The molecule has 1 heterocycles. The molecule has 0 aromatic rings. The third-order valence-electron chi connectivity index (χ3n) is 1.83. The molecule has 0 aliphatic carbocycles. The molecule has 0 spiro atoms. The van der Waals surface area contributed by atoms with Crippen LogP contribution in [0.25, 0.3) is 0 Å². The molecule has 66 valence electrons. The summed E-state index contributed by atoms with van der Waals surface area (Å²) in [6, 6.07) is 0. The van der Waals surface area contributed by atoms with Crippen molar-refractivity contribution in [2.75, 3.05) is 0 Å². The molecule has 1 aliphatic rings. The van der Waals surface area contributed by atoms with Crippen LogP contribution in [0.5, 0.6) is 0 Å². The van der Waals surface area contributed by atoms with Crippen LogP contribution in [0.4, 0.5) is 0 Å². The zero-order chi connectivity index (χ0) is 8.59. The van der Waals surface area contributed by atoms with Crippen LogP contribution >= 0.6 is 12.6 Å². The lowest BCUT2D eigenvalue weighted by Crippen LogP contribution is -2.54. The first-order chi connectivity index (χ1) is 5.04. The summed E-state index contributed by atoms with van der Waals surface area (Å²) in [6.45, 7) is 1.61. The first-order valence-corrected chi connectivity index (χ1v) is 3.93. The van der Waals surface area contributed by atoms with Gasteiger partial charge in [-0.2, -0.15) is 0 Å². The molecule has 1 aliphatic heterocycles. The van der Waals surface area contributed by atoms with Crippen molar-refractivity contribution in [2.45, 2.75) is 36.8 Å². The summed E-state index contributed by atoms with van der Waals surface area (Å²) in [5, 5.41) is 27.4. The topological polar surface area (TPSA) is 69.9 Å². The molecule has 0 radical (unpaired) electrons. The Labute approximate surface area is 70.2 Å². The second-order valence-corrected chi connectivity index (χ2v) is 3.21. The Morgan fingerprint density at radius 1 is 1.09 bits per heavy atom. The van der Waals surface area contributed by atoms with Crippen molar-refractivity contribution in [1.29, 1.82) is 0 Å². The molecule has 11 heavy (non-hydrogen) atoms. The third kappa shape index (κ3) is 1.68. The maximum atomic E-state index is 9.17. The molecule has 0 aromatic heterocycles. The molecule has 4 nitrogen and oxygen atoms in total. The molecule has 5 heteroatoms. The van der Waals surface area contributed by atoms with E-state index in [1.807, 2.05) is 0 Å². The Morgan fingerprint density at radius 2 is 1.64 bits per heavy atom. The van der Waals surface area contributed by atoms with Gasteiger partial charge in [-0.05, 0) is 6.92 Å². The van der Waals surface area contributed by atoms with E-state index < -0.39 is 29.9 Å². The molecule has 1 saturated heterocycles. The van der Waals surface area contributed by atoms with Crippen LogP contribution < -0.4 is 0 Å². The Balaban J connectivity index is 2.63. The maximum Gasteiger partial charge on any atom is 0.129 e. The Kier molecular flexibility index (Phi) is 2.77. The van der Waals surface area contributed by atoms with Gasteiger partial charge in [0, 0.05) is 0 Å². The fourth-order valence-electron chi connectivity index (χ4n) is 1.03. The van der Waals surface area contributed by atoms with Crippen molar-refractivity contribution in [2.24, 2.45) is 0 Å². The van der Waals surface area contributed by atoms with E-state index >= 15 is 0 Å².